The Morgan fingerprint density at radius 3 is 2.33 bits per heavy atom. The van der Waals surface area contributed by atoms with Crippen molar-refractivity contribution in [2.75, 3.05) is 0 Å². The minimum atomic E-state index is 0. The Morgan fingerprint density at radius 2 is 2.00 bits per heavy atom. The Balaban J connectivity index is 0. The zero-order valence-electron chi connectivity index (χ0n) is 6.37. The second-order valence-electron chi connectivity index (χ2n) is 2.27. The molecule has 0 fully saturated rings. The molecule has 0 bridgehead atoms. The quantitative estimate of drug-likeness (QED) is 0.267. The van der Waals surface area contributed by atoms with Crippen molar-refractivity contribution in [2.24, 2.45) is 0 Å². The Hall–Kier alpha value is 0.259. The maximum atomic E-state index is 2.26. The molecule has 0 aromatic heterocycles. The van der Waals surface area contributed by atoms with Crippen molar-refractivity contribution in [1.29, 1.82) is 0 Å². The smallest absolute Gasteiger partial charge is 0.331 e. The Labute approximate surface area is 69.2 Å². The summed E-state index contributed by atoms with van der Waals surface area (Å²) >= 11 is 0. The normalized spacial score (nSPS) is 7.89. The molecule has 0 rings (SSSR count). The van der Waals surface area contributed by atoms with Crippen molar-refractivity contribution in [1.82, 2.24) is 0 Å². The van der Waals surface area contributed by atoms with Crippen molar-refractivity contribution < 1.29 is 17.1 Å². The monoisotopic (exact) mass is 174 g/mol. The molecule has 0 unspecified atom stereocenters. The van der Waals surface area contributed by atoms with Crippen LogP contribution in [0.2, 0.25) is 0 Å². The molecule has 0 aliphatic heterocycles. The van der Waals surface area contributed by atoms with E-state index in [1.54, 1.807) is 0 Å². The van der Waals surface area contributed by atoms with Crippen molar-refractivity contribution in [2.45, 2.75) is 33.6 Å². The third-order valence-corrected chi connectivity index (χ3v) is 1.01. The molecule has 0 spiro atoms. The van der Waals surface area contributed by atoms with Crippen LogP contribution in [0, 0.1) is 6.42 Å². The van der Waals surface area contributed by atoms with Gasteiger partial charge >= 0.3 is 17.1 Å². The molecule has 9 heavy (non-hydrogen) atoms. The molecule has 0 saturated carbocycles. The largest absolute Gasteiger partial charge is 1.00 e. The summed E-state index contributed by atoms with van der Waals surface area (Å²) in [6.07, 6.45) is 6.88. The molecule has 0 N–H and O–H groups in total. The molecule has 0 aromatic rings. The van der Waals surface area contributed by atoms with Gasteiger partial charge in [-0.1, -0.05) is 18.1 Å². The number of rotatable bonds is 3. The summed E-state index contributed by atoms with van der Waals surface area (Å²) in [4.78, 5) is 0. The predicted octanol–water partition coefficient (Wildman–Crippen LogP) is 2.95. The van der Waals surface area contributed by atoms with Crippen LogP contribution in [0.25, 0.3) is 0 Å². The average molecular weight is 175 g/mol. The third kappa shape index (κ3) is 11.7. The van der Waals surface area contributed by atoms with Crippen LogP contribution >= 0.6 is 0 Å². The molecule has 0 saturated heterocycles. The summed E-state index contributed by atoms with van der Waals surface area (Å²) < 4.78 is 0. The fourth-order valence-corrected chi connectivity index (χ4v) is 0.539. The zero-order chi connectivity index (χ0) is 6.41. The second-order valence-corrected chi connectivity index (χ2v) is 2.27. The minimum Gasteiger partial charge on any atom is -0.331 e. The van der Waals surface area contributed by atoms with E-state index >= 15 is 0 Å². The molecular weight excluding hydrogens is 160 g/mol. The summed E-state index contributed by atoms with van der Waals surface area (Å²) in [7, 11) is 0. The maximum absolute atomic E-state index is 2.26. The van der Waals surface area contributed by atoms with Crippen molar-refractivity contribution in [3.63, 3.8) is 0 Å². The number of hydrogen-bond donors (Lipinski definition) is 0. The number of hydrogen-bond acceptors (Lipinski definition) is 0. The van der Waals surface area contributed by atoms with Gasteiger partial charge in [-0.15, -0.1) is 0 Å². The molecule has 58 valence electrons. The van der Waals surface area contributed by atoms with E-state index in [1.807, 2.05) is 0 Å². The van der Waals surface area contributed by atoms with E-state index in [-0.39, 0.29) is 17.1 Å². The van der Waals surface area contributed by atoms with E-state index < -0.39 is 0 Å². The van der Waals surface area contributed by atoms with Crippen LogP contribution in [0.4, 0.5) is 0 Å². The first-order chi connectivity index (χ1) is 3.77. The molecule has 0 aliphatic carbocycles. The fraction of sp³-hybridized carbons (Fsp3) is 0.625. The molecule has 0 aromatic carbocycles. The molecular formula is C8H15Cu. The molecule has 0 atom stereocenters. The van der Waals surface area contributed by atoms with Crippen LogP contribution in [0.5, 0.6) is 0 Å². The molecule has 0 amide bonds. The van der Waals surface area contributed by atoms with Crippen LogP contribution in [0.3, 0.4) is 0 Å². The van der Waals surface area contributed by atoms with Crippen molar-refractivity contribution in [3.05, 3.63) is 18.1 Å². The first-order valence-corrected chi connectivity index (χ1v) is 3.18. The molecule has 0 heterocycles. The van der Waals surface area contributed by atoms with Crippen LogP contribution in [0.15, 0.2) is 11.6 Å². The third-order valence-electron chi connectivity index (χ3n) is 1.01. The SMILES string of the molecule is C[CH-]CCC=C(C)C.[Cu+]. The number of unbranched alkanes of at least 4 members (excludes halogenated alkanes) is 2. The van der Waals surface area contributed by atoms with Crippen molar-refractivity contribution >= 4 is 0 Å². The van der Waals surface area contributed by atoms with E-state index in [1.165, 1.54) is 18.4 Å². The predicted molar refractivity (Wildman–Crippen MR) is 38.6 cm³/mol. The minimum absolute atomic E-state index is 0. The van der Waals surface area contributed by atoms with Gasteiger partial charge in [-0.25, -0.2) is 0 Å². The zero-order valence-corrected chi connectivity index (χ0v) is 7.31. The molecule has 0 aliphatic rings. The summed E-state index contributed by atoms with van der Waals surface area (Å²) in [5, 5.41) is 0. The first kappa shape index (κ1) is 12.0. The van der Waals surface area contributed by atoms with Gasteiger partial charge < -0.3 is 6.42 Å². The Morgan fingerprint density at radius 1 is 1.44 bits per heavy atom. The van der Waals surface area contributed by atoms with E-state index in [4.69, 9.17) is 0 Å². The molecule has 0 radical (unpaired) electrons. The van der Waals surface area contributed by atoms with Crippen LogP contribution in [-0.2, 0) is 17.1 Å². The van der Waals surface area contributed by atoms with Gasteiger partial charge in [0.15, 0.2) is 0 Å². The van der Waals surface area contributed by atoms with Gasteiger partial charge in [-0.05, 0) is 13.8 Å². The van der Waals surface area contributed by atoms with Gasteiger partial charge in [-0.3, -0.25) is 0 Å². The van der Waals surface area contributed by atoms with Crippen molar-refractivity contribution in [3.8, 4) is 0 Å². The molecule has 1 heteroatoms. The summed E-state index contributed by atoms with van der Waals surface area (Å²) in [6.45, 7) is 6.37. The fourth-order valence-electron chi connectivity index (χ4n) is 0.539. The van der Waals surface area contributed by atoms with Gasteiger partial charge in [0, 0.05) is 0 Å². The Bertz CT molecular complexity index is 70.6. The topological polar surface area (TPSA) is 0 Å². The van der Waals surface area contributed by atoms with Gasteiger partial charge in [0.05, 0.1) is 0 Å². The van der Waals surface area contributed by atoms with E-state index in [9.17, 15) is 0 Å². The van der Waals surface area contributed by atoms with E-state index in [2.05, 4.69) is 33.3 Å². The molecule has 0 nitrogen and oxygen atoms in total. The second kappa shape index (κ2) is 8.26. The summed E-state index contributed by atoms with van der Waals surface area (Å²) in [5.41, 5.74) is 1.42. The van der Waals surface area contributed by atoms with Gasteiger partial charge in [0.1, 0.15) is 0 Å². The van der Waals surface area contributed by atoms with Gasteiger partial charge in [-0.2, -0.15) is 13.3 Å². The van der Waals surface area contributed by atoms with Crippen LogP contribution < -0.4 is 0 Å². The van der Waals surface area contributed by atoms with E-state index in [0.717, 1.165) is 0 Å². The number of allylic oxidation sites excluding steroid dienone is 2. The standard InChI is InChI=1S/C8H15.Cu/c1-4-5-6-7-8(2)3;/h4,7H,5-6H2,1-3H3;/q-1;+1. The van der Waals surface area contributed by atoms with E-state index in [0.29, 0.717) is 0 Å². The average Bonchev–Trinajstić information content (AvgIpc) is 1.66. The first-order valence-electron chi connectivity index (χ1n) is 3.18. The summed E-state index contributed by atoms with van der Waals surface area (Å²) in [5.74, 6) is 0. The van der Waals surface area contributed by atoms with Gasteiger partial charge in [0.2, 0.25) is 0 Å². The van der Waals surface area contributed by atoms with Crippen LogP contribution in [0.1, 0.15) is 33.6 Å². The summed E-state index contributed by atoms with van der Waals surface area (Å²) in [6, 6.07) is 0. The van der Waals surface area contributed by atoms with Crippen LogP contribution in [-0.4, -0.2) is 0 Å². The van der Waals surface area contributed by atoms with Gasteiger partial charge in [0.25, 0.3) is 0 Å². The Kier molecular flexibility index (Phi) is 11.0. The maximum Gasteiger partial charge on any atom is 1.00 e.